The highest BCUT2D eigenvalue weighted by molar-refractivity contribution is 4.81. The van der Waals surface area contributed by atoms with Crippen LogP contribution in [0, 0.1) is 0 Å². The monoisotopic (exact) mass is 216 g/mol. The van der Waals surface area contributed by atoms with Gasteiger partial charge in [-0.1, -0.05) is 12.2 Å². The molecule has 4 nitrogen and oxygen atoms in total. The zero-order chi connectivity index (χ0) is 10.8. The summed E-state index contributed by atoms with van der Waals surface area (Å²) in [5.41, 5.74) is 0. The van der Waals surface area contributed by atoms with E-state index < -0.39 is 0 Å². The molecule has 0 saturated carbocycles. The second-order valence-electron chi connectivity index (χ2n) is 3.40. The smallest absolute Gasteiger partial charge is 0.157 e. The van der Waals surface area contributed by atoms with Gasteiger partial charge in [-0.2, -0.15) is 0 Å². The summed E-state index contributed by atoms with van der Waals surface area (Å²) in [4.78, 5) is 0. The first-order chi connectivity index (χ1) is 7.43. The Kier molecular flexibility index (Phi) is 7.47. The lowest BCUT2D eigenvalue weighted by Crippen LogP contribution is -2.22. The van der Waals surface area contributed by atoms with E-state index in [4.69, 9.17) is 19.3 Å². The Balaban J connectivity index is 1.90. The first kappa shape index (κ1) is 12.6. The summed E-state index contributed by atoms with van der Waals surface area (Å²) < 4.78 is 15.9. The lowest BCUT2D eigenvalue weighted by Gasteiger charge is -2.21. The average Bonchev–Trinajstić information content (AvgIpc) is 2.29. The lowest BCUT2D eigenvalue weighted by molar-refractivity contribution is -0.155. The molecule has 1 saturated heterocycles. The minimum absolute atomic E-state index is 0.0261. The third kappa shape index (κ3) is 6.62. The van der Waals surface area contributed by atoms with Crippen molar-refractivity contribution in [3.8, 4) is 0 Å². The number of hydrogen-bond acceptors (Lipinski definition) is 4. The molecule has 1 heterocycles. The maximum atomic E-state index is 8.45. The van der Waals surface area contributed by atoms with Crippen molar-refractivity contribution in [2.24, 2.45) is 0 Å². The molecule has 0 aromatic rings. The molecule has 1 unspecified atom stereocenters. The van der Waals surface area contributed by atoms with E-state index in [0.29, 0.717) is 19.8 Å². The van der Waals surface area contributed by atoms with Crippen molar-refractivity contribution in [1.82, 2.24) is 0 Å². The summed E-state index contributed by atoms with van der Waals surface area (Å²) in [6.45, 7) is 2.35. The van der Waals surface area contributed by atoms with E-state index in [-0.39, 0.29) is 12.9 Å². The molecule has 1 aliphatic rings. The van der Waals surface area contributed by atoms with Crippen molar-refractivity contribution in [1.29, 1.82) is 0 Å². The SMILES string of the molecule is OCCOC/C=C/COC1CCCCO1. The molecule has 4 heteroatoms. The Morgan fingerprint density at radius 1 is 1.27 bits per heavy atom. The van der Waals surface area contributed by atoms with Crippen LogP contribution in [0.1, 0.15) is 19.3 Å². The highest BCUT2D eigenvalue weighted by Crippen LogP contribution is 2.13. The zero-order valence-electron chi connectivity index (χ0n) is 9.06. The topological polar surface area (TPSA) is 47.9 Å². The van der Waals surface area contributed by atoms with E-state index in [2.05, 4.69) is 0 Å². The van der Waals surface area contributed by atoms with Crippen molar-refractivity contribution in [2.75, 3.05) is 33.0 Å². The number of aliphatic hydroxyl groups excluding tert-OH is 1. The average molecular weight is 216 g/mol. The molecule has 1 N–H and O–H groups in total. The van der Waals surface area contributed by atoms with E-state index in [1.54, 1.807) is 0 Å². The Morgan fingerprint density at radius 3 is 2.87 bits per heavy atom. The summed E-state index contributed by atoms with van der Waals surface area (Å²) in [6, 6.07) is 0. The quantitative estimate of drug-likeness (QED) is 0.511. The van der Waals surface area contributed by atoms with E-state index in [9.17, 15) is 0 Å². The second-order valence-corrected chi connectivity index (χ2v) is 3.40. The zero-order valence-corrected chi connectivity index (χ0v) is 9.06. The van der Waals surface area contributed by atoms with Gasteiger partial charge >= 0.3 is 0 Å². The van der Waals surface area contributed by atoms with Crippen LogP contribution in [0.15, 0.2) is 12.2 Å². The highest BCUT2D eigenvalue weighted by atomic mass is 16.7. The molecule has 15 heavy (non-hydrogen) atoms. The van der Waals surface area contributed by atoms with Crippen molar-refractivity contribution in [3.05, 3.63) is 12.2 Å². The fourth-order valence-corrected chi connectivity index (χ4v) is 1.36. The molecule has 1 aliphatic heterocycles. The fraction of sp³-hybridized carbons (Fsp3) is 0.818. The van der Waals surface area contributed by atoms with Crippen molar-refractivity contribution >= 4 is 0 Å². The molecule has 0 aliphatic carbocycles. The number of rotatable bonds is 7. The van der Waals surface area contributed by atoms with Crippen LogP contribution < -0.4 is 0 Å². The summed E-state index contributed by atoms with van der Waals surface area (Å²) in [7, 11) is 0. The number of ether oxygens (including phenoxy) is 3. The Bertz CT molecular complexity index is 164. The molecule has 0 radical (unpaired) electrons. The number of aliphatic hydroxyl groups is 1. The standard InChI is InChI=1S/C11H20O4/c12-6-10-13-7-3-4-9-15-11-5-1-2-8-14-11/h3-4,11-12H,1-2,5-10H2/b4-3+. The van der Waals surface area contributed by atoms with Gasteiger partial charge in [0.1, 0.15) is 0 Å². The molecular weight excluding hydrogens is 196 g/mol. The van der Waals surface area contributed by atoms with Crippen molar-refractivity contribution in [3.63, 3.8) is 0 Å². The Labute approximate surface area is 90.8 Å². The van der Waals surface area contributed by atoms with Crippen LogP contribution in [-0.4, -0.2) is 44.4 Å². The summed E-state index contributed by atoms with van der Waals surface area (Å²) >= 11 is 0. The van der Waals surface area contributed by atoms with Gasteiger partial charge in [-0.3, -0.25) is 0 Å². The summed E-state index contributed by atoms with van der Waals surface area (Å²) in [5, 5.41) is 8.45. The van der Waals surface area contributed by atoms with Gasteiger partial charge < -0.3 is 19.3 Å². The van der Waals surface area contributed by atoms with Gasteiger partial charge in [-0.25, -0.2) is 0 Å². The summed E-state index contributed by atoms with van der Waals surface area (Å²) in [5.74, 6) is 0. The molecule has 1 atom stereocenters. The van der Waals surface area contributed by atoms with Gasteiger partial charge in [-0.05, 0) is 19.3 Å². The maximum Gasteiger partial charge on any atom is 0.157 e. The fourth-order valence-electron chi connectivity index (χ4n) is 1.36. The van der Waals surface area contributed by atoms with Gasteiger partial charge in [0.25, 0.3) is 0 Å². The third-order valence-electron chi connectivity index (χ3n) is 2.13. The minimum atomic E-state index is -0.0261. The van der Waals surface area contributed by atoms with E-state index in [0.717, 1.165) is 19.4 Å². The molecule has 1 rings (SSSR count). The van der Waals surface area contributed by atoms with E-state index >= 15 is 0 Å². The summed E-state index contributed by atoms with van der Waals surface area (Å²) in [6.07, 6.45) is 7.10. The second kappa shape index (κ2) is 8.85. The molecule has 0 aromatic carbocycles. The Hall–Kier alpha value is -0.420. The van der Waals surface area contributed by atoms with Gasteiger partial charge in [0.15, 0.2) is 6.29 Å². The number of hydrogen-bond donors (Lipinski definition) is 1. The van der Waals surface area contributed by atoms with Gasteiger partial charge in [0.2, 0.25) is 0 Å². The normalized spacial score (nSPS) is 22.3. The first-order valence-electron chi connectivity index (χ1n) is 5.50. The molecule has 1 fully saturated rings. The van der Waals surface area contributed by atoms with Crippen molar-refractivity contribution < 1.29 is 19.3 Å². The molecule has 0 amide bonds. The molecule has 88 valence electrons. The van der Waals surface area contributed by atoms with Gasteiger partial charge in [0, 0.05) is 6.61 Å². The van der Waals surface area contributed by atoms with Crippen LogP contribution in [-0.2, 0) is 14.2 Å². The predicted octanol–water partition coefficient (Wildman–Crippen LogP) is 1.09. The molecule has 0 bridgehead atoms. The van der Waals surface area contributed by atoms with Gasteiger partial charge in [0.05, 0.1) is 26.4 Å². The van der Waals surface area contributed by atoms with Crippen LogP contribution in [0.25, 0.3) is 0 Å². The van der Waals surface area contributed by atoms with Crippen LogP contribution in [0.5, 0.6) is 0 Å². The van der Waals surface area contributed by atoms with Crippen molar-refractivity contribution in [2.45, 2.75) is 25.6 Å². The highest BCUT2D eigenvalue weighted by Gasteiger charge is 2.12. The largest absolute Gasteiger partial charge is 0.394 e. The van der Waals surface area contributed by atoms with Crippen LogP contribution in [0.3, 0.4) is 0 Å². The lowest BCUT2D eigenvalue weighted by atomic mass is 10.2. The van der Waals surface area contributed by atoms with Crippen LogP contribution >= 0.6 is 0 Å². The predicted molar refractivity (Wildman–Crippen MR) is 56.6 cm³/mol. The molecule has 0 spiro atoms. The van der Waals surface area contributed by atoms with Crippen LogP contribution in [0.4, 0.5) is 0 Å². The van der Waals surface area contributed by atoms with E-state index in [1.165, 1.54) is 6.42 Å². The maximum absolute atomic E-state index is 8.45. The van der Waals surface area contributed by atoms with Gasteiger partial charge in [-0.15, -0.1) is 0 Å². The molecule has 0 aromatic heterocycles. The van der Waals surface area contributed by atoms with Crippen LogP contribution in [0.2, 0.25) is 0 Å². The third-order valence-corrected chi connectivity index (χ3v) is 2.13. The van der Waals surface area contributed by atoms with E-state index in [1.807, 2.05) is 12.2 Å². The minimum Gasteiger partial charge on any atom is -0.394 e. The molecular formula is C11H20O4. The Morgan fingerprint density at radius 2 is 2.13 bits per heavy atom. The first-order valence-corrected chi connectivity index (χ1v) is 5.50.